The molecule has 5 heteroatoms. The van der Waals surface area contributed by atoms with Gasteiger partial charge >= 0.3 is 0 Å². The number of ether oxygens (including phenoxy) is 1. The third-order valence-corrected chi connectivity index (χ3v) is 5.81. The van der Waals surface area contributed by atoms with Crippen LogP contribution in [0.1, 0.15) is 22.8 Å². The summed E-state index contributed by atoms with van der Waals surface area (Å²) >= 11 is 12.3. The van der Waals surface area contributed by atoms with Crippen LogP contribution in [0, 0.1) is 0 Å². The number of aliphatic hydroxyl groups excluding tert-OH is 1. The second kappa shape index (κ2) is 10.2. The van der Waals surface area contributed by atoms with E-state index >= 15 is 0 Å². The van der Waals surface area contributed by atoms with Crippen molar-refractivity contribution < 1.29 is 9.84 Å². The van der Waals surface area contributed by atoms with Gasteiger partial charge in [0.15, 0.2) is 0 Å². The summed E-state index contributed by atoms with van der Waals surface area (Å²) in [5, 5.41) is 17.3. The van der Waals surface area contributed by atoms with E-state index in [1.165, 1.54) is 0 Å². The molecule has 0 fully saturated rings. The van der Waals surface area contributed by atoms with Crippen LogP contribution in [0.2, 0.25) is 10.0 Å². The molecule has 0 aromatic heterocycles. The van der Waals surface area contributed by atoms with E-state index in [2.05, 4.69) is 23.5 Å². The summed E-state index contributed by atoms with van der Waals surface area (Å²) in [7, 11) is 0. The quantitative estimate of drug-likeness (QED) is 0.319. The van der Waals surface area contributed by atoms with Gasteiger partial charge < -0.3 is 15.2 Å². The monoisotopic (exact) mass is 451 g/mol. The Hall–Kier alpha value is -2.56. The minimum atomic E-state index is -0.576. The van der Waals surface area contributed by atoms with Crippen LogP contribution in [-0.4, -0.2) is 11.7 Å². The average molecular weight is 452 g/mol. The summed E-state index contributed by atoms with van der Waals surface area (Å²) in [4.78, 5) is 0. The van der Waals surface area contributed by atoms with Crippen LogP contribution in [0.3, 0.4) is 0 Å². The van der Waals surface area contributed by atoms with Gasteiger partial charge in [0.1, 0.15) is 12.4 Å². The molecule has 0 spiro atoms. The standard InChI is InChI=1S/C26H23Cl2NO2/c27-21-12-10-20(24(28)14-21)17-31-26-13-11-18-6-4-5-9-22(18)23(26)15-29-16-25(30)19-7-2-1-3-8-19/h1-14,25,29-30H,15-17H2. The summed E-state index contributed by atoms with van der Waals surface area (Å²) < 4.78 is 6.16. The first-order chi connectivity index (χ1) is 15.1. The maximum atomic E-state index is 10.5. The smallest absolute Gasteiger partial charge is 0.124 e. The molecule has 3 nitrogen and oxygen atoms in total. The fourth-order valence-electron chi connectivity index (χ4n) is 3.55. The molecule has 0 heterocycles. The van der Waals surface area contributed by atoms with Crippen molar-refractivity contribution in [1.82, 2.24) is 5.32 Å². The fourth-order valence-corrected chi connectivity index (χ4v) is 4.02. The first-order valence-electron chi connectivity index (χ1n) is 10.1. The maximum absolute atomic E-state index is 10.5. The highest BCUT2D eigenvalue weighted by Crippen LogP contribution is 2.30. The molecule has 0 saturated heterocycles. The molecule has 1 unspecified atom stereocenters. The van der Waals surface area contributed by atoms with Crippen LogP contribution in [0.4, 0.5) is 0 Å². The second-order valence-electron chi connectivity index (χ2n) is 7.35. The summed E-state index contributed by atoms with van der Waals surface area (Å²) in [6, 6.07) is 27.3. The Labute approximate surface area is 192 Å². The average Bonchev–Trinajstić information content (AvgIpc) is 2.79. The highest BCUT2D eigenvalue weighted by atomic mass is 35.5. The van der Waals surface area contributed by atoms with Gasteiger partial charge in [0.25, 0.3) is 0 Å². The first-order valence-corrected chi connectivity index (χ1v) is 10.9. The number of rotatable bonds is 8. The number of hydrogen-bond acceptors (Lipinski definition) is 3. The van der Waals surface area contributed by atoms with E-state index < -0.39 is 6.10 Å². The molecule has 0 aliphatic heterocycles. The molecular weight excluding hydrogens is 429 g/mol. The van der Waals surface area contributed by atoms with Crippen LogP contribution in [0.25, 0.3) is 10.8 Å². The van der Waals surface area contributed by atoms with E-state index in [0.717, 1.165) is 33.2 Å². The number of aliphatic hydroxyl groups is 1. The summed E-state index contributed by atoms with van der Waals surface area (Å²) in [6.45, 7) is 1.35. The van der Waals surface area contributed by atoms with Gasteiger partial charge in [-0.15, -0.1) is 0 Å². The Morgan fingerprint density at radius 2 is 1.65 bits per heavy atom. The van der Waals surface area contributed by atoms with Crippen LogP contribution in [0.5, 0.6) is 5.75 Å². The molecule has 158 valence electrons. The van der Waals surface area contributed by atoms with Gasteiger partial charge in [0.05, 0.1) is 6.10 Å². The Balaban J connectivity index is 1.52. The molecule has 0 bridgehead atoms. The molecule has 0 radical (unpaired) electrons. The van der Waals surface area contributed by atoms with E-state index in [9.17, 15) is 5.11 Å². The Kier molecular flexibility index (Phi) is 7.10. The molecule has 4 aromatic carbocycles. The number of fused-ring (bicyclic) bond motifs is 1. The first kappa shape index (κ1) is 21.7. The van der Waals surface area contributed by atoms with Crippen molar-refractivity contribution in [1.29, 1.82) is 0 Å². The zero-order valence-corrected chi connectivity index (χ0v) is 18.4. The van der Waals surface area contributed by atoms with Crippen molar-refractivity contribution in [3.8, 4) is 5.75 Å². The lowest BCUT2D eigenvalue weighted by Crippen LogP contribution is -2.21. The van der Waals surface area contributed by atoms with E-state index in [-0.39, 0.29) is 0 Å². The minimum Gasteiger partial charge on any atom is -0.488 e. The molecule has 2 N–H and O–H groups in total. The molecular formula is C26H23Cl2NO2. The van der Waals surface area contributed by atoms with Gasteiger partial charge in [-0.1, -0.05) is 89.9 Å². The number of nitrogens with one attached hydrogen (secondary N) is 1. The van der Waals surface area contributed by atoms with E-state index in [1.807, 2.05) is 54.6 Å². The molecule has 0 aliphatic carbocycles. The van der Waals surface area contributed by atoms with Crippen molar-refractivity contribution in [2.24, 2.45) is 0 Å². The molecule has 4 rings (SSSR count). The second-order valence-corrected chi connectivity index (χ2v) is 8.19. The fraction of sp³-hybridized carbons (Fsp3) is 0.154. The molecule has 31 heavy (non-hydrogen) atoms. The van der Waals surface area contributed by atoms with Gasteiger partial charge in [-0.05, 0) is 34.5 Å². The molecule has 1 atom stereocenters. The van der Waals surface area contributed by atoms with E-state index in [0.29, 0.717) is 29.7 Å². The Morgan fingerprint density at radius 1 is 0.871 bits per heavy atom. The SMILES string of the molecule is OC(CNCc1c(OCc2ccc(Cl)cc2Cl)ccc2ccccc12)c1ccccc1. The van der Waals surface area contributed by atoms with Crippen LogP contribution in [0.15, 0.2) is 84.9 Å². The number of hydrogen-bond donors (Lipinski definition) is 2. The van der Waals surface area contributed by atoms with E-state index in [4.69, 9.17) is 27.9 Å². The number of benzene rings is 4. The van der Waals surface area contributed by atoms with Crippen molar-refractivity contribution in [2.45, 2.75) is 19.3 Å². The highest BCUT2D eigenvalue weighted by Gasteiger charge is 2.12. The molecule has 0 saturated carbocycles. The van der Waals surface area contributed by atoms with Gasteiger partial charge in [-0.3, -0.25) is 0 Å². The third-order valence-electron chi connectivity index (χ3n) is 5.22. The lowest BCUT2D eigenvalue weighted by atomic mass is 10.0. The van der Waals surface area contributed by atoms with Crippen molar-refractivity contribution in [3.63, 3.8) is 0 Å². The Morgan fingerprint density at radius 3 is 2.45 bits per heavy atom. The minimum absolute atomic E-state index is 0.341. The van der Waals surface area contributed by atoms with Crippen LogP contribution >= 0.6 is 23.2 Å². The highest BCUT2D eigenvalue weighted by molar-refractivity contribution is 6.35. The molecule has 4 aromatic rings. The topological polar surface area (TPSA) is 41.5 Å². The summed E-state index contributed by atoms with van der Waals surface area (Å²) in [6.07, 6.45) is -0.576. The van der Waals surface area contributed by atoms with Gasteiger partial charge in [0, 0.05) is 34.3 Å². The van der Waals surface area contributed by atoms with E-state index in [1.54, 1.807) is 12.1 Å². The van der Waals surface area contributed by atoms with Crippen molar-refractivity contribution in [3.05, 3.63) is 112 Å². The number of halogens is 2. The Bertz CT molecular complexity index is 1160. The largest absolute Gasteiger partial charge is 0.488 e. The van der Waals surface area contributed by atoms with Crippen LogP contribution < -0.4 is 10.1 Å². The van der Waals surface area contributed by atoms with Crippen LogP contribution in [-0.2, 0) is 13.2 Å². The molecule has 0 amide bonds. The van der Waals surface area contributed by atoms with Gasteiger partial charge in [-0.2, -0.15) is 0 Å². The summed E-state index contributed by atoms with van der Waals surface area (Å²) in [5.41, 5.74) is 2.81. The zero-order chi connectivity index (χ0) is 21.6. The predicted octanol–water partition coefficient (Wildman–Crippen LogP) is 6.55. The molecule has 0 aliphatic rings. The maximum Gasteiger partial charge on any atom is 0.124 e. The zero-order valence-electron chi connectivity index (χ0n) is 16.9. The normalized spacial score (nSPS) is 12.1. The van der Waals surface area contributed by atoms with Gasteiger partial charge in [-0.25, -0.2) is 0 Å². The lowest BCUT2D eigenvalue weighted by Gasteiger charge is -2.17. The third kappa shape index (κ3) is 5.38. The van der Waals surface area contributed by atoms with Crippen molar-refractivity contribution in [2.75, 3.05) is 6.54 Å². The van der Waals surface area contributed by atoms with Gasteiger partial charge in [0.2, 0.25) is 0 Å². The van der Waals surface area contributed by atoms with Crippen molar-refractivity contribution >= 4 is 34.0 Å². The predicted molar refractivity (Wildman–Crippen MR) is 128 cm³/mol. The summed E-state index contributed by atoms with van der Waals surface area (Å²) in [5.74, 6) is 0.784. The lowest BCUT2D eigenvalue weighted by molar-refractivity contribution is 0.174.